The van der Waals surface area contributed by atoms with Gasteiger partial charge >= 0.3 is 11.9 Å². The van der Waals surface area contributed by atoms with Crippen LogP contribution in [0.5, 0.6) is 0 Å². The first-order valence-electron chi connectivity index (χ1n) is 24.5. The number of nitrogens with zero attached hydrogens (tertiary/aromatic N) is 1. The van der Waals surface area contributed by atoms with Crippen LogP contribution in [0.3, 0.4) is 0 Å². The van der Waals surface area contributed by atoms with E-state index in [0.29, 0.717) is 35.7 Å². The van der Waals surface area contributed by atoms with Gasteiger partial charge in [-0.1, -0.05) is 112 Å². The average Bonchev–Trinajstić information content (AvgIpc) is 3.50. The van der Waals surface area contributed by atoms with Crippen LogP contribution in [0.15, 0.2) is 23.8 Å². The molecule has 0 bridgehead atoms. The van der Waals surface area contributed by atoms with E-state index in [1.165, 1.54) is 64.2 Å². The molecule has 0 aromatic heterocycles. The number of ether oxygens (including phenoxy) is 3. The van der Waals surface area contributed by atoms with Crippen LogP contribution in [-0.2, 0) is 23.8 Å². The lowest BCUT2D eigenvalue weighted by Gasteiger charge is -2.58. The Labute approximate surface area is 363 Å². The third-order valence-electron chi connectivity index (χ3n) is 16.0. The number of hydrogen-bond donors (Lipinski definition) is 1. The van der Waals surface area contributed by atoms with Gasteiger partial charge < -0.3 is 24.8 Å². The average molecular weight is 825 g/mol. The molecule has 10 atom stereocenters. The molecule has 0 aliphatic heterocycles. The Kier molecular flexibility index (Phi) is 18.7. The second kappa shape index (κ2) is 22.1. The molecule has 0 saturated heterocycles. The summed E-state index contributed by atoms with van der Waals surface area (Å²) in [6.45, 7) is 24.5. The first-order chi connectivity index (χ1) is 27.7. The Bertz CT molecular complexity index is 1380. The molecule has 4 rings (SSSR count). The highest BCUT2D eigenvalue weighted by molar-refractivity contribution is 5.80. The van der Waals surface area contributed by atoms with E-state index in [1.54, 1.807) is 12.5 Å². The van der Waals surface area contributed by atoms with E-state index in [2.05, 4.69) is 73.3 Å². The van der Waals surface area contributed by atoms with Gasteiger partial charge in [0.15, 0.2) is 0 Å². The highest BCUT2D eigenvalue weighted by Crippen LogP contribution is 2.67. The second-order valence-electron chi connectivity index (χ2n) is 22.6. The number of fused-ring (bicyclic) bond motifs is 5. The van der Waals surface area contributed by atoms with E-state index in [9.17, 15) is 9.59 Å². The lowest BCUT2D eigenvalue weighted by Crippen LogP contribution is -2.51. The number of unbranched alkanes of at least 4 members (excludes halogenated alkanes) is 2. The number of nitrogens with two attached hydrogens (primary N) is 1. The molecule has 3 fully saturated rings. The van der Waals surface area contributed by atoms with E-state index in [-0.39, 0.29) is 18.7 Å². The molecule has 0 spiro atoms. The molecule has 4 aliphatic rings. The van der Waals surface area contributed by atoms with Gasteiger partial charge in [0, 0.05) is 18.4 Å². The van der Waals surface area contributed by atoms with Gasteiger partial charge in [-0.25, -0.2) is 0 Å². The predicted octanol–water partition coefficient (Wildman–Crippen LogP) is 12.1. The van der Waals surface area contributed by atoms with Crippen LogP contribution in [0.4, 0.5) is 0 Å². The first kappa shape index (κ1) is 50.0. The summed E-state index contributed by atoms with van der Waals surface area (Å²) in [6.07, 6.45) is 26.4. The van der Waals surface area contributed by atoms with Crippen molar-refractivity contribution in [3.05, 3.63) is 23.8 Å². The maximum Gasteiger partial charge on any atom is 0.326 e. The molecular weight excluding hydrogens is 733 g/mol. The van der Waals surface area contributed by atoms with Gasteiger partial charge in [-0.2, -0.15) is 0 Å². The largest absolute Gasteiger partial charge is 0.462 e. The number of rotatable bonds is 24. The molecule has 0 heterocycles. The molecule has 5 unspecified atom stereocenters. The van der Waals surface area contributed by atoms with Crippen LogP contribution in [-0.4, -0.2) is 68.4 Å². The van der Waals surface area contributed by atoms with E-state index < -0.39 is 16.9 Å². The van der Waals surface area contributed by atoms with Gasteiger partial charge in [0.1, 0.15) is 18.2 Å². The Morgan fingerprint density at radius 2 is 1.66 bits per heavy atom. The van der Waals surface area contributed by atoms with E-state index in [1.807, 2.05) is 26.2 Å². The minimum absolute atomic E-state index is 0.183. The van der Waals surface area contributed by atoms with Crippen LogP contribution >= 0.6 is 0 Å². The zero-order chi connectivity index (χ0) is 43.6. The van der Waals surface area contributed by atoms with Crippen molar-refractivity contribution in [3.63, 3.8) is 0 Å². The zero-order valence-electron chi connectivity index (χ0n) is 40.3. The molecule has 2 N–H and O–H groups in total. The highest BCUT2D eigenvalue weighted by Gasteiger charge is 2.59. The van der Waals surface area contributed by atoms with Gasteiger partial charge in [-0.3, -0.25) is 9.59 Å². The summed E-state index contributed by atoms with van der Waals surface area (Å²) in [6, 6.07) is 0. The van der Waals surface area contributed by atoms with Crippen molar-refractivity contribution in [2.24, 2.45) is 63.4 Å². The molecule has 0 aromatic carbocycles. The van der Waals surface area contributed by atoms with Gasteiger partial charge in [0.2, 0.25) is 0 Å². The molecule has 7 nitrogen and oxygen atoms in total. The Morgan fingerprint density at radius 1 is 0.915 bits per heavy atom. The summed E-state index contributed by atoms with van der Waals surface area (Å²) in [4.78, 5) is 28.2. The SMILES string of the molecule is CC(C)/C=C/COC(=O)C(C)(N)CC(C)(C)C(CCCCCO[C@H]1CC[C@@]2(C)C(=CCC3C2CC[C@@]2(C)C3CC[C@@H]2[C@H](C)CCCC(C)C)C1)OC(=O)CCCN(C)C. The van der Waals surface area contributed by atoms with E-state index in [0.717, 1.165) is 87.2 Å². The Morgan fingerprint density at radius 3 is 2.36 bits per heavy atom. The van der Waals surface area contributed by atoms with Gasteiger partial charge in [0.25, 0.3) is 0 Å². The Hall–Kier alpha value is -1.70. The lowest BCUT2D eigenvalue weighted by molar-refractivity contribution is -0.159. The summed E-state index contributed by atoms with van der Waals surface area (Å²) < 4.78 is 18.4. The highest BCUT2D eigenvalue weighted by atomic mass is 16.5. The van der Waals surface area contributed by atoms with Crippen LogP contribution < -0.4 is 5.73 Å². The molecule has 59 heavy (non-hydrogen) atoms. The zero-order valence-corrected chi connectivity index (χ0v) is 40.3. The number of allylic oxidation sites excluding steroid dienone is 2. The molecule has 4 aliphatic carbocycles. The van der Waals surface area contributed by atoms with Crippen LogP contribution in [0.25, 0.3) is 0 Å². The van der Waals surface area contributed by atoms with Crippen molar-refractivity contribution in [1.29, 1.82) is 0 Å². The fourth-order valence-electron chi connectivity index (χ4n) is 12.8. The maximum absolute atomic E-state index is 13.1. The van der Waals surface area contributed by atoms with Crippen molar-refractivity contribution in [2.45, 2.75) is 203 Å². The fraction of sp³-hybridized carbons (Fsp3) is 0.885. The molecule has 0 amide bonds. The van der Waals surface area contributed by atoms with Gasteiger partial charge in [-0.05, 0) is 163 Å². The summed E-state index contributed by atoms with van der Waals surface area (Å²) in [5.41, 5.74) is 7.47. The third kappa shape index (κ3) is 13.6. The number of hydrogen-bond acceptors (Lipinski definition) is 7. The van der Waals surface area contributed by atoms with Crippen molar-refractivity contribution >= 4 is 11.9 Å². The topological polar surface area (TPSA) is 91.1 Å². The van der Waals surface area contributed by atoms with Crippen molar-refractivity contribution < 1.29 is 23.8 Å². The molecule has 3 saturated carbocycles. The summed E-state index contributed by atoms with van der Waals surface area (Å²) in [7, 11) is 4.03. The summed E-state index contributed by atoms with van der Waals surface area (Å²) in [5, 5.41) is 0. The van der Waals surface area contributed by atoms with E-state index in [4.69, 9.17) is 19.9 Å². The van der Waals surface area contributed by atoms with E-state index >= 15 is 0 Å². The smallest absolute Gasteiger partial charge is 0.326 e. The molecular formula is C52H92N2O5. The second-order valence-corrected chi connectivity index (χ2v) is 22.6. The normalized spacial score (nSPS) is 30.4. The molecule has 0 aromatic rings. The van der Waals surface area contributed by atoms with Crippen LogP contribution in [0, 0.1) is 57.7 Å². The first-order valence-corrected chi connectivity index (χ1v) is 24.5. The number of esters is 2. The standard InChI is InChI=1S/C52H92N2O5/c1-37(2)19-16-21-39(5)43-26-27-44-42-25-24-40-35-41(28-30-50(40,8)45(42)29-31-51(43,44)9)57-33-15-13-14-22-46(59-47(55)23-17-32-54(11)12)49(6,7)36-52(10,53)48(56)58-34-18-20-38(3)4/h18,20,24,37-39,41-46H,13-17,19,21-23,25-36,53H2,1-12H3/b20-18+/t39-,41+,42?,43-,44?,45?,46?,50+,51-,52?/m1/s1. The molecule has 340 valence electrons. The third-order valence-corrected chi connectivity index (χ3v) is 16.0. The maximum atomic E-state index is 13.1. The minimum atomic E-state index is -1.20. The van der Waals surface area contributed by atoms with Crippen LogP contribution in [0.1, 0.15) is 185 Å². The summed E-state index contributed by atoms with van der Waals surface area (Å²) in [5.74, 6) is 4.97. The van der Waals surface area contributed by atoms with Gasteiger partial charge in [0.05, 0.1) is 6.10 Å². The van der Waals surface area contributed by atoms with Crippen molar-refractivity contribution in [3.8, 4) is 0 Å². The predicted molar refractivity (Wildman–Crippen MR) is 245 cm³/mol. The number of carbonyl (C=O) groups is 2. The monoisotopic (exact) mass is 825 g/mol. The van der Waals surface area contributed by atoms with Crippen LogP contribution in [0.2, 0.25) is 0 Å². The quantitative estimate of drug-likeness (QED) is 0.0589. The molecule has 7 heteroatoms. The molecule has 0 radical (unpaired) electrons. The Balaban J connectivity index is 1.26. The fourth-order valence-corrected chi connectivity index (χ4v) is 12.8. The van der Waals surface area contributed by atoms with Crippen molar-refractivity contribution in [1.82, 2.24) is 4.90 Å². The van der Waals surface area contributed by atoms with Crippen molar-refractivity contribution in [2.75, 3.05) is 33.9 Å². The summed E-state index contributed by atoms with van der Waals surface area (Å²) >= 11 is 0. The van der Waals surface area contributed by atoms with Gasteiger partial charge in [-0.15, -0.1) is 0 Å². The number of carbonyl (C=O) groups excluding carboxylic acids is 2. The minimum Gasteiger partial charge on any atom is -0.462 e. The lowest BCUT2D eigenvalue weighted by atomic mass is 9.47.